The summed E-state index contributed by atoms with van der Waals surface area (Å²) in [6.45, 7) is 5.31. The van der Waals surface area contributed by atoms with Crippen molar-refractivity contribution in [2.45, 2.75) is 58.1 Å². The zero-order chi connectivity index (χ0) is 13.7. The topological polar surface area (TPSA) is 47.0 Å². The zero-order valence-corrected chi connectivity index (χ0v) is 12.3. The molecule has 1 aliphatic carbocycles. The molecule has 1 aliphatic rings. The number of hydrogen-bond donors (Lipinski definition) is 1. The summed E-state index contributed by atoms with van der Waals surface area (Å²) in [5, 5.41) is 3.59. The smallest absolute Gasteiger partial charge is 0.131 e. The number of aromatic nitrogens is 2. The summed E-state index contributed by atoms with van der Waals surface area (Å²) in [6.07, 6.45) is 7.64. The Morgan fingerprint density at radius 2 is 2.37 bits per heavy atom. The number of nitrogens with zero attached hydrogens (tertiary/aromatic N) is 2. The molecule has 0 amide bonds. The van der Waals surface area contributed by atoms with E-state index in [-0.39, 0.29) is 6.10 Å². The molecule has 1 N–H and O–H groups in total. The van der Waals surface area contributed by atoms with Gasteiger partial charge in [-0.05, 0) is 39.2 Å². The van der Waals surface area contributed by atoms with Crippen molar-refractivity contribution in [3.05, 3.63) is 23.3 Å². The van der Waals surface area contributed by atoms with Crippen LogP contribution in [0.3, 0.4) is 0 Å². The molecule has 2 atom stereocenters. The maximum Gasteiger partial charge on any atom is 0.131 e. The van der Waals surface area contributed by atoms with E-state index in [0.717, 1.165) is 31.6 Å². The number of methoxy groups -OCH3 is 1. The lowest BCUT2D eigenvalue weighted by Crippen LogP contribution is -2.27. The summed E-state index contributed by atoms with van der Waals surface area (Å²) in [5.41, 5.74) is 2.53. The molecule has 0 aliphatic heterocycles. The van der Waals surface area contributed by atoms with Crippen molar-refractivity contribution in [2.24, 2.45) is 0 Å². The first kappa shape index (κ1) is 14.4. The van der Waals surface area contributed by atoms with Gasteiger partial charge in [-0.1, -0.05) is 6.92 Å². The minimum absolute atomic E-state index is 0.177. The molecule has 4 heteroatoms. The van der Waals surface area contributed by atoms with Crippen LogP contribution in [0, 0.1) is 0 Å². The van der Waals surface area contributed by atoms with Crippen molar-refractivity contribution in [1.82, 2.24) is 15.3 Å². The van der Waals surface area contributed by atoms with Crippen LogP contribution in [0.5, 0.6) is 0 Å². The van der Waals surface area contributed by atoms with Gasteiger partial charge in [0.15, 0.2) is 0 Å². The molecule has 1 heterocycles. The fraction of sp³-hybridized carbons (Fsp3) is 0.733. The summed E-state index contributed by atoms with van der Waals surface area (Å²) in [7, 11) is 1.73. The molecule has 106 valence electrons. The standard InChI is InChI=1S/C15H25N3O/c1-4-8-16-13-6-5-7-14-12(13)10-17-15(18-14)9-11(2)19-3/h10-11,13,16H,4-9H2,1-3H3. The predicted octanol–water partition coefficient (Wildman–Crippen LogP) is 2.43. The molecular formula is C15H25N3O. The van der Waals surface area contributed by atoms with Gasteiger partial charge in [0.25, 0.3) is 0 Å². The average molecular weight is 263 g/mol. The highest BCUT2D eigenvalue weighted by Crippen LogP contribution is 2.28. The first-order valence-corrected chi connectivity index (χ1v) is 7.35. The van der Waals surface area contributed by atoms with E-state index in [1.807, 2.05) is 6.20 Å². The Morgan fingerprint density at radius 1 is 1.53 bits per heavy atom. The van der Waals surface area contributed by atoms with Gasteiger partial charge in [0, 0.05) is 37.0 Å². The van der Waals surface area contributed by atoms with Crippen LogP contribution in [0.15, 0.2) is 6.20 Å². The van der Waals surface area contributed by atoms with Gasteiger partial charge in [-0.2, -0.15) is 0 Å². The molecule has 4 nitrogen and oxygen atoms in total. The van der Waals surface area contributed by atoms with Crippen LogP contribution >= 0.6 is 0 Å². The highest BCUT2D eigenvalue weighted by atomic mass is 16.5. The van der Waals surface area contributed by atoms with Gasteiger partial charge in [-0.25, -0.2) is 9.97 Å². The molecule has 2 rings (SSSR count). The Labute approximate surface area is 116 Å². The van der Waals surface area contributed by atoms with Crippen molar-refractivity contribution < 1.29 is 4.74 Å². The molecule has 0 fully saturated rings. The second kappa shape index (κ2) is 6.96. The quantitative estimate of drug-likeness (QED) is 0.856. The Morgan fingerprint density at radius 3 is 3.11 bits per heavy atom. The number of aryl methyl sites for hydroxylation is 1. The average Bonchev–Trinajstić information content (AvgIpc) is 2.44. The highest BCUT2D eigenvalue weighted by molar-refractivity contribution is 5.24. The summed E-state index contributed by atoms with van der Waals surface area (Å²) in [4.78, 5) is 9.24. The van der Waals surface area contributed by atoms with Crippen molar-refractivity contribution in [3.8, 4) is 0 Å². The van der Waals surface area contributed by atoms with E-state index in [1.165, 1.54) is 24.1 Å². The maximum atomic E-state index is 5.28. The maximum absolute atomic E-state index is 5.28. The molecule has 1 aromatic rings. The molecule has 0 radical (unpaired) electrons. The van der Waals surface area contributed by atoms with Crippen molar-refractivity contribution in [1.29, 1.82) is 0 Å². The van der Waals surface area contributed by atoms with Gasteiger partial charge in [-0.15, -0.1) is 0 Å². The third-order valence-corrected chi connectivity index (χ3v) is 3.74. The Balaban J connectivity index is 2.11. The van der Waals surface area contributed by atoms with E-state index in [9.17, 15) is 0 Å². The summed E-state index contributed by atoms with van der Waals surface area (Å²) in [6, 6.07) is 0.442. The second-order valence-electron chi connectivity index (χ2n) is 5.34. The third kappa shape index (κ3) is 3.74. The predicted molar refractivity (Wildman–Crippen MR) is 76.2 cm³/mol. The lowest BCUT2D eigenvalue weighted by Gasteiger charge is -2.25. The molecule has 0 saturated heterocycles. The number of rotatable bonds is 6. The van der Waals surface area contributed by atoms with Crippen LogP contribution in [0.2, 0.25) is 0 Å². The summed E-state index contributed by atoms with van der Waals surface area (Å²) < 4.78 is 5.28. The van der Waals surface area contributed by atoms with Crippen molar-refractivity contribution in [2.75, 3.05) is 13.7 Å². The van der Waals surface area contributed by atoms with Crippen LogP contribution in [-0.2, 0) is 17.6 Å². The van der Waals surface area contributed by atoms with Gasteiger partial charge in [0.05, 0.1) is 6.10 Å². The zero-order valence-electron chi connectivity index (χ0n) is 12.3. The molecule has 19 heavy (non-hydrogen) atoms. The Kier molecular flexibility index (Phi) is 5.28. The number of nitrogens with one attached hydrogen (secondary N) is 1. The fourth-order valence-corrected chi connectivity index (χ4v) is 2.56. The van der Waals surface area contributed by atoms with E-state index >= 15 is 0 Å². The lowest BCUT2D eigenvalue weighted by molar-refractivity contribution is 0.117. The molecular weight excluding hydrogens is 238 g/mol. The normalized spacial score (nSPS) is 20.1. The molecule has 0 aromatic carbocycles. The fourth-order valence-electron chi connectivity index (χ4n) is 2.56. The SMILES string of the molecule is CCCNC1CCCc2nc(CC(C)OC)ncc21. The van der Waals surface area contributed by atoms with E-state index < -0.39 is 0 Å². The van der Waals surface area contributed by atoms with Crippen molar-refractivity contribution in [3.63, 3.8) is 0 Å². The summed E-state index contributed by atoms with van der Waals surface area (Å²) in [5.74, 6) is 0.907. The van der Waals surface area contributed by atoms with Gasteiger partial charge in [-0.3, -0.25) is 0 Å². The summed E-state index contributed by atoms with van der Waals surface area (Å²) >= 11 is 0. The number of fused-ring (bicyclic) bond motifs is 1. The first-order chi connectivity index (χ1) is 9.24. The molecule has 0 bridgehead atoms. The van der Waals surface area contributed by atoms with E-state index in [4.69, 9.17) is 9.72 Å². The van der Waals surface area contributed by atoms with Crippen LogP contribution in [0.1, 0.15) is 56.2 Å². The van der Waals surface area contributed by atoms with Crippen LogP contribution < -0.4 is 5.32 Å². The monoisotopic (exact) mass is 263 g/mol. The van der Waals surface area contributed by atoms with Gasteiger partial charge in [0.2, 0.25) is 0 Å². The number of hydrogen-bond acceptors (Lipinski definition) is 4. The van der Waals surface area contributed by atoms with Crippen LogP contribution in [0.4, 0.5) is 0 Å². The molecule has 0 saturated carbocycles. The van der Waals surface area contributed by atoms with Crippen LogP contribution in [0.25, 0.3) is 0 Å². The highest BCUT2D eigenvalue weighted by Gasteiger charge is 2.21. The Bertz CT molecular complexity index is 408. The van der Waals surface area contributed by atoms with E-state index in [1.54, 1.807) is 7.11 Å². The lowest BCUT2D eigenvalue weighted by atomic mass is 9.92. The minimum atomic E-state index is 0.177. The first-order valence-electron chi connectivity index (χ1n) is 7.35. The van der Waals surface area contributed by atoms with Crippen molar-refractivity contribution >= 4 is 0 Å². The van der Waals surface area contributed by atoms with E-state index in [0.29, 0.717) is 6.04 Å². The largest absolute Gasteiger partial charge is 0.381 e. The van der Waals surface area contributed by atoms with Gasteiger partial charge >= 0.3 is 0 Å². The molecule has 0 spiro atoms. The second-order valence-corrected chi connectivity index (χ2v) is 5.34. The van der Waals surface area contributed by atoms with Gasteiger partial charge in [0.1, 0.15) is 5.82 Å². The van der Waals surface area contributed by atoms with E-state index in [2.05, 4.69) is 24.1 Å². The minimum Gasteiger partial charge on any atom is -0.381 e. The Hall–Kier alpha value is -1.00. The third-order valence-electron chi connectivity index (χ3n) is 3.74. The molecule has 2 unspecified atom stereocenters. The number of ether oxygens (including phenoxy) is 1. The van der Waals surface area contributed by atoms with Gasteiger partial charge < -0.3 is 10.1 Å². The molecule has 1 aromatic heterocycles. The van der Waals surface area contributed by atoms with Crippen LogP contribution in [-0.4, -0.2) is 29.7 Å².